The van der Waals surface area contributed by atoms with Crippen LogP contribution in [0.15, 0.2) is 30.9 Å². The zero-order chi connectivity index (χ0) is 8.93. The van der Waals surface area contributed by atoms with E-state index in [2.05, 4.69) is 26.3 Å². The van der Waals surface area contributed by atoms with Crippen LogP contribution in [0.4, 0.5) is 5.82 Å². The molecule has 1 aromatic rings. The fourth-order valence-corrected chi connectivity index (χ4v) is 1.27. The van der Waals surface area contributed by atoms with E-state index in [1.165, 1.54) is 0 Å². The maximum absolute atomic E-state index is 4.23. The number of rotatable bonds is 1. The van der Waals surface area contributed by atoms with E-state index in [0.717, 1.165) is 25.5 Å². The van der Waals surface area contributed by atoms with Crippen molar-refractivity contribution in [3.63, 3.8) is 0 Å². The van der Waals surface area contributed by atoms with Crippen LogP contribution in [0.2, 0.25) is 0 Å². The highest BCUT2D eigenvalue weighted by molar-refractivity contribution is 5.39. The molecule has 0 amide bonds. The lowest BCUT2D eigenvalue weighted by atomic mass is 10.5. The Morgan fingerprint density at radius 1 is 1.38 bits per heavy atom. The van der Waals surface area contributed by atoms with E-state index in [4.69, 9.17) is 0 Å². The molecule has 1 aliphatic heterocycles. The molecule has 0 saturated heterocycles. The Bertz CT molecular complexity index is 283. The highest BCUT2D eigenvalue weighted by Crippen LogP contribution is 2.07. The molecule has 4 nitrogen and oxygen atoms in total. The third-order valence-corrected chi connectivity index (χ3v) is 1.92. The van der Waals surface area contributed by atoms with Gasteiger partial charge in [0.25, 0.3) is 0 Å². The first kappa shape index (κ1) is 8.19. The third kappa shape index (κ3) is 2.03. The summed E-state index contributed by atoms with van der Waals surface area (Å²) in [5.41, 5.74) is 0. The van der Waals surface area contributed by atoms with Gasteiger partial charge in [-0.25, -0.2) is 4.98 Å². The van der Waals surface area contributed by atoms with Crippen LogP contribution in [0.3, 0.4) is 0 Å². The summed E-state index contributed by atoms with van der Waals surface area (Å²) in [6.07, 6.45) is 9.30. The predicted molar refractivity (Wildman–Crippen MR) is 51.4 cm³/mol. The van der Waals surface area contributed by atoms with Crippen LogP contribution in [0, 0.1) is 0 Å². The van der Waals surface area contributed by atoms with Gasteiger partial charge < -0.3 is 10.2 Å². The van der Waals surface area contributed by atoms with Crippen LogP contribution >= 0.6 is 0 Å². The Labute approximate surface area is 77.3 Å². The van der Waals surface area contributed by atoms with Gasteiger partial charge in [0.05, 0.1) is 6.20 Å². The van der Waals surface area contributed by atoms with Crippen LogP contribution in [-0.4, -0.2) is 29.6 Å². The molecule has 0 aromatic carbocycles. The summed E-state index contributed by atoms with van der Waals surface area (Å²) < 4.78 is 0. The summed E-state index contributed by atoms with van der Waals surface area (Å²) in [5, 5.41) is 3.27. The van der Waals surface area contributed by atoms with Crippen molar-refractivity contribution in [2.75, 3.05) is 24.5 Å². The maximum Gasteiger partial charge on any atom is 0.151 e. The molecular weight excluding hydrogens is 164 g/mol. The summed E-state index contributed by atoms with van der Waals surface area (Å²) in [6, 6.07) is 0. The lowest BCUT2D eigenvalue weighted by Gasteiger charge is -2.16. The number of nitrogens with one attached hydrogen (secondary N) is 1. The minimum Gasteiger partial charge on any atom is -0.331 e. The van der Waals surface area contributed by atoms with Crippen molar-refractivity contribution in [2.45, 2.75) is 0 Å². The first-order valence-corrected chi connectivity index (χ1v) is 4.37. The second-order valence-electron chi connectivity index (χ2n) is 2.85. The minimum absolute atomic E-state index is 0.905. The lowest BCUT2D eigenvalue weighted by Crippen LogP contribution is -2.25. The number of hydrogen-bond acceptors (Lipinski definition) is 4. The average molecular weight is 176 g/mol. The Kier molecular flexibility index (Phi) is 2.52. The van der Waals surface area contributed by atoms with Crippen LogP contribution in [0.1, 0.15) is 0 Å². The largest absolute Gasteiger partial charge is 0.331 e. The summed E-state index contributed by atoms with van der Waals surface area (Å²) in [4.78, 5) is 10.4. The molecule has 1 N–H and O–H groups in total. The smallest absolute Gasteiger partial charge is 0.151 e. The van der Waals surface area contributed by atoms with Crippen LogP contribution < -0.4 is 10.2 Å². The normalized spacial score (nSPS) is 17.1. The molecule has 0 aliphatic carbocycles. The zero-order valence-corrected chi connectivity index (χ0v) is 7.35. The Hall–Kier alpha value is -1.42. The molecule has 0 saturated carbocycles. The van der Waals surface area contributed by atoms with E-state index in [1.807, 2.05) is 6.20 Å². The Morgan fingerprint density at radius 3 is 3.23 bits per heavy atom. The second-order valence-corrected chi connectivity index (χ2v) is 2.85. The summed E-state index contributed by atoms with van der Waals surface area (Å²) >= 11 is 0. The monoisotopic (exact) mass is 176 g/mol. The first-order chi connectivity index (χ1) is 6.47. The molecule has 4 heteroatoms. The Morgan fingerprint density at radius 2 is 2.38 bits per heavy atom. The molecule has 2 rings (SSSR count). The Balaban J connectivity index is 2.15. The number of anilines is 1. The van der Waals surface area contributed by atoms with E-state index < -0.39 is 0 Å². The molecular formula is C9H12N4. The molecule has 0 radical (unpaired) electrons. The van der Waals surface area contributed by atoms with E-state index in [-0.39, 0.29) is 0 Å². The van der Waals surface area contributed by atoms with Crippen molar-refractivity contribution in [3.8, 4) is 0 Å². The van der Waals surface area contributed by atoms with Crippen molar-refractivity contribution in [1.82, 2.24) is 15.3 Å². The third-order valence-electron chi connectivity index (χ3n) is 1.92. The van der Waals surface area contributed by atoms with E-state index in [1.54, 1.807) is 18.6 Å². The van der Waals surface area contributed by atoms with Gasteiger partial charge >= 0.3 is 0 Å². The molecule has 2 heterocycles. The molecule has 68 valence electrons. The first-order valence-electron chi connectivity index (χ1n) is 4.37. The molecule has 0 bridgehead atoms. The van der Waals surface area contributed by atoms with Crippen LogP contribution in [0.25, 0.3) is 0 Å². The molecule has 0 atom stereocenters. The van der Waals surface area contributed by atoms with Gasteiger partial charge in [0.1, 0.15) is 0 Å². The van der Waals surface area contributed by atoms with Crippen LogP contribution in [-0.2, 0) is 0 Å². The fraction of sp³-hybridized carbons (Fsp3) is 0.333. The van der Waals surface area contributed by atoms with Gasteiger partial charge in [-0.3, -0.25) is 4.98 Å². The highest BCUT2D eigenvalue weighted by Gasteiger charge is 2.05. The van der Waals surface area contributed by atoms with E-state index in [0.29, 0.717) is 0 Å². The second kappa shape index (κ2) is 4.00. The molecule has 0 spiro atoms. The molecule has 0 fully saturated rings. The van der Waals surface area contributed by atoms with E-state index >= 15 is 0 Å². The SMILES string of the molecule is C1=CN(c2cnccn2)CCNC1. The van der Waals surface area contributed by atoms with Crippen LogP contribution in [0.5, 0.6) is 0 Å². The molecule has 13 heavy (non-hydrogen) atoms. The van der Waals surface area contributed by atoms with Crippen molar-refractivity contribution < 1.29 is 0 Å². The number of hydrogen-bond donors (Lipinski definition) is 1. The number of nitrogens with zero attached hydrogens (tertiary/aromatic N) is 3. The van der Waals surface area contributed by atoms with Gasteiger partial charge in [0.15, 0.2) is 5.82 Å². The summed E-state index contributed by atoms with van der Waals surface area (Å²) in [5.74, 6) is 0.905. The summed E-state index contributed by atoms with van der Waals surface area (Å²) in [7, 11) is 0. The van der Waals surface area contributed by atoms with Crippen molar-refractivity contribution in [2.24, 2.45) is 0 Å². The topological polar surface area (TPSA) is 41.1 Å². The van der Waals surface area contributed by atoms with Gasteiger partial charge in [-0.15, -0.1) is 0 Å². The van der Waals surface area contributed by atoms with Crippen molar-refractivity contribution in [1.29, 1.82) is 0 Å². The molecule has 1 aromatic heterocycles. The van der Waals surface area contributed by atoms with Gasteiger partial charge in [0, 0.05) is 38.2 Å². The summed E-state index contributed by atoms with van der Waals surface area (Å²) in [6.45, 7) is 2.84. The highest BCUT2D eigenvalue weighted by atomic mass is 15.2. The minimum atomic E-state index is 0.905. The quantitative estimate of drug-likeness (QED) is 0.672. The van der Waals surface area contributed by atoms with Crippen molar-refractivity contribution >= 4 is 5.82 Å². The zero-order valence-electron chi connectivity index (χ0n) is 7.35. The van der Waals surface area contributed by atoms with Gasteiger partial charge in [-0.1, -0.05) is 6.08 Å². The molecule has 0 unspecified atom stereocenters. The molecule has 1 aliphatic rings. The van der Waals surface area contributed by atoms with Gasteiger partial charge in [0.2, 0.25) is 0 Å². The van der Waals surface area contributed by atoms with Gasteiger partial charge in [-0.2, -0.15) is 0 Å². The standard InChI is InChI=1S/C9H12N4/c1-2-10-5-7-13(6-1)9-8-11-3-4-12-9/h1,3-4,6,8,10H,2,5,7H2. The van der Waals surface area contributed by atoms with E-state index in [9.17, 15) is 0 Å². The number of aromatic nitrogens is 2. The van der Waals surface area contributed by atoms with Crippen molar-refractivity contribution in [3.05, 3.63) is 30.9 Å². The fourth-order valence-electron chi connectivity index (χ4n) is 1.27. The predicted octanol–water partition coefficient (Wildman–Crippen LogP) is 0.400. The maximum atomic E-state index is 4.23. The average Bonchev–Trinajstić information content (AvgIpc) is 2.47. The van der Waals surface area contributed by atoms with Gasteiger partial charge in [-0.05, 0) is 0 Å². The lowest BCUT2D eigenvalue weighted by molar-refractivity contribution is 0.756.